The topological polar surface area (TPSA) is 61.4 Å². The SMILES string of the molecule is C.CN1CCC(CCC(=O)[C@@H]2N[C@H](CC(C)(C)C)[C@]3(C(=O)Nc4cc(Cl)ccc43)[C@H]2c2cccc(Cl)c2F)CC1. The summed E-state index contributed by atoms with van der Waals surface area (Å²) in [5, 5.41) is 7.11. The van der Waals surface area contributed by atoms with E-state index in [1.54, 1.807) is 24.3 Å². The van der Waals surface area contributed by atoms with Crippen LogP contribution in [0.1, 0.15) is 77.3 Å². The molecule has 4 atom stereocenters. The van der Waals surface area contributed by atoms with Crippen LogP contribution in [0.5, 0.6) is 0 Å². The van der Waals surface area contributed by atoms with Gasteiger partial charge in [-0.2, -0.15) is 0 Å². The molecule has 2 N–H and O–H groups in total. The number of nitrogens with zero attached hydrogens (tertiary/aromatic N) is 1. The summed E-state index contributed by atoms with van der Waals surface area (Å²) >= 11 is 12.6. The number of halogens is 3. The maximum atomic E-state index is 15.8. The third-order valence-electron chi connectivity index (χ3n) is 8.92. The molecule has 1 spiro atoms. The molecule has 40 heavy (non-hydrogen) atoms. The average molecular weight is 591 g/mol. The van der Waals surface area contributed by atoms with Crippen molar-refractivity contribution < 1.29 is 14.0 Å². The molecule has 0 bridgehead atoms. The molecule has 2 fully saturated rings. The molecule has 0 radical (unpaired) electrons. The summed E-state index contributed by atoms with van der Waals surface area (Å²) in [7, 11) is 2.13. The number of carbonyl (C=O) groups is 2. The maximum Gasteiger partial charge on any atom is 0.237 e. The van der Waals surface area contributed by atoms with E-state index >= 15 is 4.39 Å². The lowest BCUT2D eigenvalue weighted by Crippen LogP contribution is -2.49. The van der Waals surface area contributed by atoms with Crippen LogP contribution in [0.2, 0.25) is 10.0 Å². The number of amides is 1. The molecule has 5 rings (SSSR count). The molecule has 3 aliphatic rings. The first-order chi connectivity index (χ1) is 18.4. The fourth-order valence-electron chi connectivity index (χ4n) is 7.06. The van der Waals surface area contributed by atoms with Gasteiger partial charge in [0.05, 0.1) is 11.1 Å². The molecule has 0 aliphatic carbocycles. The van der Waals surface area contributed by atoms with Gasteiger partial charge in [-0.3, -0.25) is 9.59 Å². The molecule has 1 amide bonds. The van der Waals surface area contributed by atoms with Crippen molar-refractivity contribution >= 4 is 40.6 Å². The monoisotopic (exact) mass is 589 g/mol. The van der Waals surface area contributed by atoms with Crippen molar-refractivity contribution in [3.63, 3.8) is 0 Å². The van der Waals surface area contributed by atoms with Gasteiger partial charge in [-0.1, -0.05) is 69.6 Å². The van der Waals surface area contributed by atoms with Gasteiger partial charge in [-0.25, -0.2) is 4.39 Å². The molecule has 8 heteroatoms. The Balaban J connectivity index is 0.00000370. The first-order valence-corrected chi connectivity index (χ1v) is 14.7. The van der Waals surface area contributed by atoms with Crippen LogP contribution in [0.4, 0.5) is 10.1 Å². The van der Waals surface area contributed by atoms with E-state index in [4.69, 9.17) is 23.2 Å². The van der Waals surface area contributed by atoms with Crippen molar-refractivity contribution in [2.45, 2.75) is 83.7 Å². The summed E-state index contributed by atoms with van der Waals surface area (Å²) in [5.41, 5.74) is 0.284. The second kappa shape index (κ2) is 11.7. The molecule has 0 aromatic heterocycles. The van der Waals surface area contributed by atoms with E-state index in [9.17, 15) is 9.59 Å². The molecule has 3 heterocycles. The number of piperidine rings is 1. The fraction of sp³-hybridized carbons (Fsp3) is 0.562. The Bertz CT molecular complexity index is 1270. The predicted molar refractivity (Wildman–Crippen MR) is 162 cm³/mol. The number of hydrogen-bond acceptors (Lipinski definition) is 4. The van der Waals surface area contributed by atoms with Crippen LogP contribution in [-0.4, -0.2) is 48.8 Å². The molecule has 0 unspecified atom stereocenters. The van der Waals surface area contributed by atoms with Crippen molar-refractivity contribution in [3.05, 3.63) is 63.4 Å². The maximum absolute atomic E-state index is 15.8. The quantitative estimate of drug-likeness (QED) is 0.373. The highest BCUT2D eigenvalue weighted by molar-refractivity contribution is 6.31. The number of nitrogens with one attached hydrogen (secondary N) is 2. The van der Waals surface area contributed by atoms with Gasteiger partial charge in [0, 0.05) is 29.1 Å². The molecule has 2 aromatic carbocycles. The lowest BCUT2D eigenvalue weighted by molar-refractivity contribution is -0.122. The van der Waals surface area contributed by atoms with E-state index in [0.717, 1.165) is 37.9 Å². The highest BCUT2D eigenvalue weighted by Crippen LogP contribution is 2.57. The minimum absolute atomic E-state index is 0. The lowest BCUT2D eigenvalue weighted by Gasteiger charge is -2.37. The number of benzene rings is 2. The van der Waals surface area contributed by atoms with Crippen LogP contribution >= 0.6 is 23.2 Å². The molecule has 5 nitrogen and oxygen atoms in total. The number of likely N-dealkylation sites (tertiary alicyclic amines) is 1. The number of rotatable bonds is 6. The normalized spacial score (nSPS) is 27.0. The number of ketones is 1. The summed E-state index contributed by atoms with van der Waals surface area (Å²) in [4.78, 5) is 30.6. The number of hydrogen-bond donors (Lipinski definition) is 2. The second-order valence-corrected chi connectivity index (χ2v) is 13.7. The van der Waals surface area contributed by atoms with Gasteiger partial charge in [0.15, 0.2) is 0 Å². The molecule has 0 saturated carbocycles. The van der Waals surface area contributed by atoms with E-state index in [1.165, 1.54) is 6.07 Å². The van der Waals surface area contributed by atoms with Gasteiger partial charge in [0.1, 0.15) is 17.0 Å². The van der Waals surface area contributed by atoms with Crippen molar-refractivity contribution in [2.24, 2.45) is 11.3 Å². The van der Waals surface area contributed by atoms with Crippen molar-refractivity contribution in [2.75, 3.05) is 25.5 Å². The minimum Gasteiger partial charge on any atom is -0.325 e. The van der Waals surface area contributed by atoms with E-state index in [0.29, 0.717) is 35.0 Å². The van der Waals surface area contributed by atoms with E-state index in [1.807, 2.05) is 6.07 Å². The van der Waals surface area contributed by atoms with Crippen LogP contribution in [0, 0.1) is 17.2 Å². The zero-order valence-electron chi connectivity index (χ0n) is 23.1. The van der Waals surface area contributed by atoms with Crippen LogP contribution in [0.3, 0.4) is 0 Å². The highest BCUT2D eigenvalue weighted by Gasteiger charge is 2.66. The molecule has 218 valence electrons. The Morgan fingerprint density at radius 3 is 2.52 bits per heavy atom. The Morgan fingerprint density at radius 1 is 1.15 bits per heavy atom. The van der Waals surface area contributed by atoms with E-state index in [-0.39, 0.29) is 29.6 Å². The summed E-state index contributed by atoms with van der Waals surface area (Å²) in [6.45, 7) is 8.41. The largest absolute Gasteiger partial charge is 0.325 e. The zero-order chi connectivity index (χ0) is 28.1. The highest BCUT2D eigenvalue weighted by atomic mass is 35.5. The number of carbonyl (C=O) groups excluding carboxylic acids is 2. The van der Waals surface area contributed by atoms with Gasteiger partial charge in [0.2, 0.25) is 5.91 Å². The Hall–Kier alpha value is -1.99. The third kappa shape index (κ3) is 5.57. The first kappa shape index (κ1) is 31.0. The van der Waals surface area contributed by atoms with Gasteiger partial charge in [0.25, 0.3) is 0 Å². The molecule has 2 aromatic rings. The van der Waals surface area contributed by atoms with Crippen molar-refractivity contribution in [1.82, 2.24) is 10.2 Å². The van der Waals surface area contributed by atoms with E-state index in [2.05, 4.69) is 43.4 Å². The molecular formula is C32H42Cl2FN3O2. The van der Waals surface area contributed by atoms with Gasteiger partial charge < -0.3 is 15.5 Å². The lowest BCUT2D eigenvalue weighted by atomic mass is 9.62. The Morgan fingerprint density at radius 2 is 1.85 bits per heavy atom. The number of fused-ring (bicyclic) bond motifs is 2. The first-order valence-electron chi connectivity index (χ1n) is 13.9. The zero-order valence-corrected chi connectivity index (χ0v) is 24.6. The van der Waals surface area contributed by atoms with Gasteiger partial charge in [-0.05, 0) is 86.5 Å². The van der Waals surface area contributed by atoms with Crippen LogP contribution in [0.25, 0.3) is 0 Å². The smallest absolute Gasteiger partial charge is 0.237 e. The molecular weight excluding hydrogens is 548 g/mol. The van der Waals surface area contributed by atoms with Crippen LogP contribution < -0.4 is 10.6 Å². The number of Topliss-reactive ketones (excluding diaryl/α,β-unsaturated/α-hetero) is 1. The minimum atomic E-state index is -1.20. The standard InChI is InChI=1S/C31H38Cl2FN3O2.CH4/c1-30(2,3)17-25-31(21-10-9-19(32)16-23(21)35-29(31)39)26(20-6-5-7-22(33)27(20)34)28(36-25)24(38)11-8-18-12-14-37(4)15-13-18;/h5-7,9-10,16,18,25-26,28,36H,8,11-15,17H2,1-4H3,(H,35,39);1H4/t25-,26+,28+,31+;/m1./s1. The summed E-state index contributed by atoms with van der Waals surface area (Å²) in [6.07, 6.45) is 3.94. The Kier molecular flexibility index (Phi) is 9.06. The number of anilines is 1. The van der Waals surface area contributed by atoms with Gasteiger partial charge >= 0.3 is 0 Å². The predicted octanol–water partition coefficient (Wildman–Crippen LogP) is 7.21. The molecule has 2 saturated heterocycles. The fourth-order valence-corrected chi connectivity index (χ4v) is 7.41. The van der Waals surface area contributed by atoms with Gasteiger partial charge in [-0.15, -0.1) is 0 Å². The second-order valence-electron chi connectivity index (χ2n) is 12.8. The average Bonchev–Trinajstić information content (AvgIpc) is 3.34. The van der Waals surface area contributed by atoms with E-state index < -0.39 is 29.2 Å². The van der Waals surface area contributed by atoms with Crippen molar-refractivity contribution in [3.8, 4) is 0 Å². The van der Waals surface area contributed by atoms with Crippen molar-refractivity contribution in [1.29, 1.82) is 0 Å². The Labute approximate surface area is 248 Å². The van der Waals surface area contributed by atoms with Crippen LogP contribution in [0.15, 0.2) is 36.4 Å². The summed E-state index contributed by atoms with van der Waals surface area (Å²) in [5.74, 6) is -1.08. The summed E-state index contributed by atoms with van der Waals surface area (Å²) in [6, 6.07) is 9.09. The van der Waals surface area contributed by atoms with Crippen LogP contribution in [-0.2, 0) is 15.0 Å². The third-order valence-corrected chi connectivity index (χ3v) is 9.45. The molecule has 3 aliphatic heterocycles. The summed E-state index contributed by atoms with van der Waals surface area (Å²) < 4.78 is 15.8.